The standard InChI is InChI=1S/C24H29N3O2/c1-24(20-13-12-17-7-2-3-9-19(17)15-20)22(28)27(23(29)25-24)16-26-14-6-10-18-8-4-5-11-21(18)26/h2-3,7,9,12-13,15,18,21H,4-6,8,10-11,14,16H2,1H3,(H,25,29)/p+1/t18-,21+,24-/m1/s1. The normalized spacial score (nSPS) is 32.3. The smallest absolute Gasteiger partial charge is 0.319 e. The molecule has 0 bridgehead atoms. The lowest BCUT2D eigenvalue weighted by molar-refractivity contribution is -0.942. The van der Waals surface area contributed by atoms with Gasteiger partial charge < -0.3 is 10.2 Å². The van der Waals surface area contributed by atoms with Gasteiger partial charge in [-0.2, -0.15) is 0 Å². The second-order valence-electron chi connectivity index (χ2n) is 9.21. The topological polar surface area (TPSA) is 53.9 Å². The number of hydrogen-bond acceptors (Lipinski definition) is 2. The van der Waals surface area contributed by atoms with Crippen molar-refractivity contribution in [3.8, 4) is 0 Å². The van der Waals surface area contributed by atoms with Crippen molar-refractivity contribution in [3.63, 3.8) is 0 Å². The lowest BCUT2D eigenvalue weighted by Crippen LogP contribution is -3.19. The van der Waals surface area contributed by atoms with Crippen molar-refractivity contribution in [2.24, 2.45) is 5.92 Å². The first-order valence-electron chi connectivity index (χ1n) is 11.0. The molecule has 5 rings (SSSR count). The summed E-state index contributed by atoms with van der Waals surface area (Å²) in [5.74, 6) is 0.642. The van der Waals surface area contributed by atoms with E-state index in [1.54, 1.807) is 0 Å². The molecule has 1 aliphatic carbocycles. The second-order valence-corrected chi connectivity index (χ2v) is 9.21. The molecule has 0 spiro atoms. The number of hydrogen-bond donors (Lipinski definition) is 2. The summed E-state index contributed by atoms with van der Waals surface area (Å²) in [5, 5.41) is 5.21. The third kappa shape index (κ3) is 3.12. The number of imide groups is 1. The maximum Gasteiger partial charge on any atom is 0.329 e. The molecule has 2 N–H and O–H groups in total. The number of carbonyl (C=O) groups excluding carboxylic acids is 2. The van der Waals surface area contributed by atoms with Gasteiger partial charge in [0, 0.05) is 5.92 Å². The predicted molar refractivity (Wildman–Crippen MR) is 112 cm³/mol. The van der Waals surface area contributed by atoms with Gasteiger partial charge in [-0.3, -0.25) is 4.79 Å². The van der Waals surface area contributed by atoms with E-state index >= 15 is 0 Å². The Morgan fingerprint density at radius 3 is 2.66 bits per heavy atom. The van der Waals surface area contributed by atoms with Crippen LogP contribution in [-0.4, -0.2) is 36.1 Å². The zero-order valence-electron chi connectivity index (χ0n) is 17.1. The van der Waals surface area contributed by atoms with Gasteiger partial charge in [0.1, 0.15) is 5.54 Å². The fraction of sp³-hybridized carbons (Fsp3) is 0.500. The van der Waals surface area contributed by atoms with Gasteiger partial charge in [-0.1, -0.05) is 42.8 Å². The van der Waals surface area contributed by atoms with E-state index in [-0.39, 0.29) is 11.9 Å². The SMILES string of the molecule is C[C@]1(c2ccc3ccccc3c2)NC(=O)N(C[NH+]2CCC[C@H]3CCCC[C@@H]32)C1=O. The van der Waals surface area contributed by atoms with E-state index < -0.39 is 5.54 Å². The van der Waals surface area contributed by atoms with Crippen molar-refractivity contribution in [2.75, 3.05) is 13.2 Å². The van der Waals surface area contributed by atoms with Crippen molar-refractivity contribution in [1.29, 1.82) is 0 Å². The summed E-state index contributed by atoms with van der Waals surface area (Å²) in [6.45, 7) is 3.40. The Hall–Kier alpha value is -2.40. The molecular weight excluding hydrogens is 362 g/mol. The Balaban J connectivity index is 1.40. The Kier molecular flexibility index (Phi) is 4.58. The number of likely N-dealkylation sites (tertiary alicyclic amines) is 1. The van der Waals surface area contributed by atoms with Gasteiger partial charge in [0.15, 0.2) is 6.67 Å². The van der Waals surface area contributed by atoms with Crippen LogP contribution in [0.3, 0.4) is 0 Å². The zero-order valence-corrected chi connectivity index (χ0v) is 17.1. The average molecular weight is 393 g/mol. The van der Waals surface area contributed by atoms with E-state index in [4.69, 9.17) is 0 Å². The van der Waals surface area contributed by atoms with E-state index in [0.29, 0.717) is 12.7 Å². The van der Waals surface area contributed by atoms with Crippen molar-refractivity contribution in [3.05, 3.63) is 48.0 Å². The van der Waals surface area contributed by atoms with Crippen molar-refractivity contribution in [2.45, 2.75) is 57.0 Å². The Bertz CT molecular complexity index is 956. The summed E-state index contributed by atoms with van der Waals surface area (Å²) in [5.41, 5.74) is -0.149. The van der Waals surface area contributed by atoms with Gasteiger partial charge >= 0.3 is 6.03 Å². The first kappa shape index (κ1) is 18.6. The molecule has 1 unspecified atom stereocenters. The summed E-state index contributed by atoms with van der Waals surface area (Å²) in [6, 6.07) is 14.5. The van der Waals surface area contributed by atoms with Gasteiger partial charge in [0.05, 0.1) is 12.6 Å². The van der Waals surface area contributed by atoms with Gasteiger partial charge in [-0.25, -0.2) is 9.69 Å². The first-order valence-corrected chi connectivity index (χ1v) is 11.0. The highest BCUT2D eigenvalue weighted by Crippen LogP contribution is 2.32. The molecular formula is C24H30N3O2+. The molecule has 29 heavy (non-hydrogen) atoms. The number of carbonyl (C=O) groups is 2. The molecule has 0 radical (unpaired) electrons. The molecule has 152 valence electrons. The number of amides is 3. The van der Waals surface area contributed by atoms with Crippen LogP contribution in [0.2, 0.25) is 0 Å². The van der Waals surface area contributed by atoms with Gasteiger partial charge in [0.25, 0.3) is 5.91 Å². The fourth-order valence-corrected chi connectivity index (χ4v) is 5.80. The number of nitrogens with one attached hydrogen (secondary N) is 2. The van der Waals surface area contributed by atoms with E-state index in [1.165, 1.54) is 48.3 Å². The molecule has 2 aromatic carbocycles. The predicted octanol–water partition coefficient (Wildman–Crippen LogP) is 2.80. The monoisotopic (exact) mass is 392 g/mol. The molecule has 0 aromatic heterocycles. The molecule has 2 saturated heterocycles. The average Bonchev–Trinajstić information content (AvgIpc) is 2.97. The lowest BCUT2D eigenvalue weighted by Gasteiger charge is -2.42. The highest BCUT2D eigenvalue weighted by Gasteiger charge is 2.51. The van der Waals surface area contributed by atoms with Crippen molar-refractivity contribution >= 4 is 22.7 Å². The molecule has 3 aliphatic rings. The number of quaternary nitrogens is 1. The van der Waals surface area contributed by atoms with Crippen LogP contribution in [0.4, 0.5) is 4.79 Å². The molecule has 3 fully saturated rings. The molecule has 4 atom stereocenters. The third-order valence-electron chi connectivity index (χ3n) is 7.47. The van der Waals surface area contributed by atoms with E-state index in [9.17, 15) is 9.59 Å². The largest absolute Gasteiger partial charge is 0.329 e. The quantitative estimate of drug-likeness (QED) is 0.790. The summed E-state index contributed by atoms with van der Waals surface area (Å²) in [7, 11) is 0. The lowest BCUT2D eigenvalue weighted by atomic mass is 9.78. The number of fused-ring (bicyclic) bond motifs is 2. The molecule has 2 aromatic rings. The minimum absolute atomic E-state index is 0.122. The van der Waals surface area contributed by atoms with Crippen LogP contribution in [0, 0.1) is 5.92 Å². The molecule has 2 heterocycles. The summed E-state index contributed by atoms with van der Waals surface area (Å²) >= 11 is 0. The molecule has 1 saturated carbocycles. The number of urea groups is 1. The summed E-state index contributed by atoms with van der Waals surface area (Å²) in [6.07, 6.45) is 7.65. The van der Waals surface area contributed by atoms with Gasteiger partial charge in [-0.05, 0) is 61.4 Å². The van der Waals surface area contributed by atoms with E-state index in [0.717, 1.165) is 28.8 Å². The van der Waals surface area contributed by atoms with Crippen LogP contribution in [0.1, 0.15) is 51.0 Å². The van der Waals surface area contributed by atoms with Crippen LogP contribution in [0.15, 0.2) is 42.5 Å². The summed E-state index contributed by atoms with van der Waals surface area (Å²) < 4.78 is 0. The number of piperidine rings is 1. The summed E-state index contributed by atoms with van der Waals surface area (Å²) in [4.78, 5) is 29.2. The van der Waals surface area contributed by atoms with Gasteiger partial charge in [0.2, 0.25) is 0 Å². The Labute approximate surface area is 172 Å². The minimum Gasteiger partial charge on any atom is -0.319 e. The van der Waals surface area contributed by atoms with Crippen LogP contribution < -0.4 is 10.2 Å². The Morgan fingerprint density at radius 2 is 1.79 bits per heavy atom. The van der Waals surface area contributed by atoms with Crippen LogP contribution in [-0.2, 0) is 10.3 Å². The van der Waals surface area contributed by atoms with Gasteiger partial charge in [-0.15, -0.1) is 0 Å². The highest BCUT2D eigenvalue weighted by atomic mass is 16.2. The molecule has 5 nitrogen and oxygen atoms in total. The second kappa shape index (κ2) is 7.13. The van der Waals surface area contributed by atoms with E-state index in [1.807, 2.05) is 43.3 Å². The third-order valence-corrected chi connectivity index (χ3v) is 7.47. The fourth-order valence-electron chi connectivity index (χ4n) is 5.80. The minimum atomic E-state index is -0.998. The van der Waals surface area contributed by atoms with Crippen molar-refractivity contribution in [1.82, 2.24) is 10.2 Å². The number of rotatable bonds is 3. The first-order chi connectivity index (χ1) is 14.1. The van der Waals surface area contributed by atoms with E-state index in [2.05, 4.69) is 11.4 Å². The highest BCUT2D eigenvalue weighted by molar-refractivity contribution is 6.07. The number of benzene rings is 2. The van der Waals surface area contributed by atoms with Crippen LogP contribution in [0.25, 0.3) is 10.8 Å². The van der Waals surface area contributed by atoms with Crippen molar-refractivity contribution < 1.29 is 14.5 Å². The Morgan fingerprint density at radius 1 is 1.03 bits per heavy atom. The van der Waals surface area contributed by atoms with Crippen LogP contribution in [0.5, 0.6) is 0 Å². The molecule has 3 amide bonds. The maximum absolute atomic E-state index is 13.4. The molecule has 2 aliphatic heterocycles. The maximum atomic E-state index is 13.4. The molecule has 5 heteroatoms. The number of nitrogens with zero attached hydrogens (tertiary/aromatic N) is 1. The zero-order chi connectivity index (χ0) is 20.0. The van der Waals surface area contributed by atoms with Crippen LogP contribution >= 0.6 is 0 Å².